The summed E-state index contributed by atoms with van der Waals surface area (Å²) >= 11 is 2.90. The van der Waals surface area contributed by atoms with Crippen LogP contribution in [0.1, 0.15) is 16.4 Å². The standard InChI is InChI=1S/C24H18N2O4S2/c27-12-8-6-10(7-9-12)13-15-14-16(19(15)31-21-20(13)32-24(30)25-21)18-17(14)22(28)26(23(18)29)11-4-2-1-3-5-11/h1-9,13-19,27H,(H,25,30). The van der Waals surface area contributed by atoms with Crippen molar-refractivity contribution in [2.75, 3.05) is 4.90 Å². The van der Waals surface area contributed by atoms with E-state index < -0.39 is 0 Å². The molecule has 3 fully saturated rings. The largest absolute Gasteiger partial charge is 0.508 e. The minimum atomic E-state index is -0.286. The van der Waals surface area contributed by atoms with Gasteiger partial charge in [0, 0.05) is 16.0 Å². The molecule has 2 saturated carbocycles. The molecule has 4 aliphatic rings. The average molecular weight is 463 g/mol. The number of imide groups is 1. The summed E-state index contributed by atoms with van der Waals surface area (Å²) < 4.78 is 0. The Kier molecular flexibility index (Phi) is 3.72. The number of nitrogens with one attached hydrogen (secondary N) is 1. The van der Waals surface area contributed by atoms with E-state index in [1.165, 1.54) is 16.2 Å². The maximum atomic E-state index is 13.4. The number of nitrogens with zero attached hydrogens (tertiary/aromatic N) is 1. The number of aromatic nitrogens is 1. The number of fused-ring (bicyclic) bond motifs is 8. The van der Waals surface area contributed by atoms with Crippen LogP contribution in [0.4, 0.5) is 5.69 Å². The van der Waals surface area contributed by atoms with Crippen LogP contribution in [0.2, 0.25) is 0 Å². The summed E-state index contributed by atoms with van der Waals surface area (Å²) in [6, 6.07) is 16.3. The number of phenols is 1. The van der Waals surface area contributed by atoms with E-state index in [4.69, 9.17) is 0 Å². The number of aromatic hydroxyl groups is 1. The maximum absolute atomic E-state index is 13.4. The third kappa shape index (κ3) is 2.24. The molecule has 1 saturated heterocycles. The van der Waals surface area contributed by atoms with Crippen LogP contribution in [-0.2, 0) is 9.59 Å². The maximum Gasteiger partial charge on any atom is 0.305 e. The van der Waals surface area contributed by atoms with E-state index in [1.807, 2.05) is 42.5 Å². The van der Waals surface area contributed by atoms with E-state index in [-0.39, 0.29) is 63.2 Å². The summed E-state index contributed by atoms with van der Waals surface area (Å²) in [5.41, 5.74) is 1.68. The molecule has 7 rings (SSSR count). The lowest BCUT2D eigenvalue weighted by Crippen LogP contribution is -2.69. The normalized spacial score (nSPS) is 34.1. The predicted octanol–water partition coefficient (Wildman–Crippen LogP) is 3.43. The number of hydrogen-bond acceptors (Lipinski definition) is 6. The number of carbonyl (C=O) groups is 2. The van der Waals surface area contributed by atoms with Crippen molar-refractivity contribution < 1.29 is 14.7 Å². The van der Waals surface area contributed by atoms with Crippen molar-refractivity contribution in [2.45, 2.75) is 16.2 Å². The SMILES string of the molecule is O=C1C2C(C(=O)N1c1ccccc1)C1C3C(c4ccc(O)cc4)c4sc(=O)[nH]c4SC3C21. The highest BCUT2D eigenvalue weighted by Gasteiger charge is 2.76. The summed E-state index contributed by atoms with van der Waals surface area (Å²) in [6.45, 7) is 0. The number of amides is 2. The highest BCUT2D eigenvalue weighted by molar-refractivity contribution is 8.00. The van der Waals surface area contributed by atoms with Crippen molar-refractivity contribution >= 4 is 40.6 Å². The number of phenolic OH excluding ortho intramolecular Hbond substituents is 1. The van der Waals surface area contributed by atoms with Crippen molar-refractivity contribution in [3.8, 4) is 5.75 Å². The molecule has 160 valence electrons. The van der Waals surface area contributed by atoms with Gasteiger partial charge < -0.3 is 10.1 Å². The number of benzene rings is 2. The number of aromatic amines is 1. The van der Waals surface area contributed by atoms with E-state index in [9.17, 15) is 19.5 Å². The Hall–Kier alpha value is -2.84. The first-order chi connectivity index (χ1) is 15.5. The molecule has 0 spiro atoms. The lowest BCUT2D eigenvalue weighted by atomic mass is 9.40. The number of thioether (sulfide) groups is 1. The number of anilines is 1. The molecule has 7 unspecified atom stereocenters. The molecule has 2 aromatic carbocycles. The van der Waals surface area contributed by atoms with Gasteiger partial charge in [-0.1, -0.05) is 41.7 Å². The number of hydrogen-bond donors (Lipinski definition) is 2. The molecule has 0 bridgehead atoms. The zero-order chi connectivity index (χ0) is 21.7. The first-order valence-electron chi connectivity index (χ1n) is 10.7. The minimum absolute atomic E-state index is 0.0170. The number of para-hydroxylation sites is 1. The molecule has 8 heteroatoms. The monoisotopic (exact) mass is 462 g/mol. The van der Waals surface area contributed by atoms with Crippen LogP contribution in [0.15, 0.2) is 64.4 Å². The molecular weight excluding hydrogens is 444 g/mol. The van der Waals surface area contributed by atoms with Crippen molar-refractivity contribution in [3.63, 3.8) is 0 Å². The Morgan fingerprint density at radius 1 is 0.844 bits per heavy atom. The van der Waals surface area contributed by atoms with E-state index in [0.717, 1.165) is 15.5 Å². The topological polar surface area (TPSA) is 90.5 Å². The van der Waals surface area contributed by atoms with Gasteiger partial charge in [-0.3, -0.25) is 19.3 Å². The lowest BCUT2D eigenvalue weighted by molar-refractivity contribution is -0.164. The average Bonchev–Trinajstić information content (AvgIpc) is 3.23. The van der Waals surface area contributed by atoms with Crippen molar-refractivity contribution in [2.24, 2.45) is 29.6 Å². The van der Waals surface area contributed by atoms with E-state index >= 15 is 0 Å². The van der Waals surface area contributed by atoms with Crippen molar-refractivity contribution in [3.05, 3.63) is 74.7 Å². The fourth-order valence-corrected chi connectivity index (χ4v) is 9.41. The van der Waals surface area contributed by atoms with Crippen LogP contribution < -0.4 is 9.77 Å². The van der Waals surface area contributed by atoms with Crippen molar-refractivity contribution in [1.29, 1.82) is 0 Å². The Morgan fingerprint density at radius 2 is 1.53 bits per heavy atom. The summed E-state index contributed by atoms with van der Waals surface area (Å²) in [4.78, 5) is 44.2. The first-order valence-corrected chi connectivity index (χ1v) is 12.4. The fraction of sp³-hybridized carbons (Fsp3) is 0.292. The minimum Gasteiger partial charge on any atom is -0.508 e. The van der Waals surface area contributed by atoms with E-state index in [1.54, 1.807) is 23.9 Å². The number of rotatable bonds is 2. The molecule has 2 aliphatic carbocycles. The smallest absolute Gasteiger partial charge is 0.305 e. The molecule has 3 aromatic rings. The van der Waals surface area contributed by atoms with Gasteiger partial charge in [0.1, 0.15) is 5.75 Å². The zero-order valence-corrected chi connectivity index (χ0v) is 18.3. The second kappa shape index (κ2) is 6.36. The molecule has 7 atom stereocenters. The molecule has 2 aliphatic heterocycles. The third-order valence-corrected chi connectivity index (χ3v) is 10.3. The Balaban J connectivity index is 1.30. The van der Waals surface area contributed by atoms with Crippen LogP contribution in [0.5, 0.6) is 5.75 Å². The van der Waals surface area contributed by atoms with Crippen LogP contribution >= 0.6 is 23.1 Å². The number of thiazole rings is 1. The van der Waals surface area contributed by atoms with Gasteiger partial charge in [0.2, 0.25) is 11.8 Å². The van der Waals surface area contributed by atoms with Gasteiger partial charge in [-0.25, -0.2) is 0 Å². The predicted molar refractivity (Wildman–Crippen MR) is 121 cm³/mol. The van der Waals surface area contributed by atoms with Crippen LogP contribution in [0.3, 0.4) is 0 Å². The van der Waals surface area contributed by atoms with E-state index in [2.05, 4.69) is 4.98 Å². The van der Waals surface area contributed by atoms with Gasteiger partial charge in [-0.15, -0.1) is 11.8 Å². The highest BCUT2D eigenvalue weighted by atomic mass is 32.2. The highest BCUT2D eigenvalue weighted by Crippen LogP contribution is 2.73. The van der Waals surface area contributed by atoms with Gasteiger partial charge in [0.25, 0.3) is 0 Å². The van der Waals surface area contributed by atoms with Gasteiger partial charge in [0.05, 0.1) is 22.5 Å². The van der Waals surface area contributed by atoms with Gasteiger partial charge in [0.15, 0.2) is 0 Å². The second-order valence-electron chi connectivity index (χ2n) is 8.99. The molecule has 1 aromatic heterocycles. The zero-order valence-electron chi connectivity index (χ0n) is 16.7. The Bertz CT molecular complexity index is 1330. The van der Waals surface area contributed by atoms with Crippen LogP contribution in [0.25, 0.3) is 0 Å². The third-order valence-electron chi connectivity index (χ3n) is 7.70. The summed E-state index contributed by atoms with van der Waals surface area (Å²) in [5.74, 6) is -0.0869. The van der Waals surface area contributed by atoms with Gasteiger partial charge >= 0.3 is 4.87 Å². The number of carbonyl (C=O) groups excluding carboxylic acids is 2. The van der Waals surface area contributed by atoms with Crippen LogP contribution in [-0.4, -0.2) is 27.2 Å². The van der Waals surface area contributed by atoms with E-state index in [0.29, 0.717) is 5.69 Å². The van der Waals surface area contributed by atoms with Crippen LogP contribution in [0, 0.1) is 29.6 Å². The Labute approximate surface area is 191 Å². The molecule has 2 amide bonds. The van der Waals surface area contributed by atoms with Gasteiger partial charge in [-0.05, 0) is 47.6 Å². The molecular formula is C24H18N2O4S2. The summed E-state index contributed by atoms with van der Waals surface area (Å²) in [5, 5.41) is 10.8. The summed E-state index contributed by atoms with van der Waals surface area (Å²) in [7, 11) is 0. The quantitative estimate of drug-likeness (QED) is 0.570. The lowest BCUT2D eigenvalue weighted by Gasteiger charge is -2.66. The fourth-order valence-electron chi connectivity index (χ4n) is 6.49. The molecule has 32 heavy (non-hydrogen) atoms. The first kappa shape index (κ1) is 18.7. The Morgan fingerprint density at radius 3 is 2.25 bits per heavy atom. The molecule has 2 N–H and O–H groups in total. The van der Waals surface area contributed by atoms with Crippen molar-refractivity contribution in [1.82, 2.24) is 4.98 Å². The molecule has 3 heterocycles. The summed E-state index contributed by atoms with van der Waals surface area (Å²) in [6.07, 6.45) is 0. The number of H-pyrrole nitrogens is 1. The molecule has 0 radical (unpaired) electrons. The van der Waals surface area contributed by atoms with Gasteiger partial charge in [-0.2, -0.15) is 0 Å². The molecule has 6 nitrogen and oxygen atoms in total. The second-order valence-corrected chi connectivity index (χ2v) is 11.2.